The van der Waals surface area contributed by atoms with Gasteiger partial charge >= 0.3 is 0 Å². The average Bonchev–Trinajstić information content (AvgIpc) is 2.36. The van der Waals surface area contributed by atoms with Crippen molar-refractivity contribution in [1.29, 1.82) is 0 Å². The highest BCUT2D eigenvalue weighted by Crippen LogP contribution is 2.24. The van der Waals surface area contributed by atoms with Crippen molar-refractivity contribution in [1.82, 2.24) is 9.78 Å². The molecule has 0 bridgehead atoms. The molecule has 0 saturated carbocycles. The number of amides is 1. The molecule has 0 radical (unpaired) electrons. The van der Waals surface area contributed by atoms with Gasteiger partial charge in [-0.3, -0.25) is 4.79 Å². The summed E-state index contributed by atoms with van der Waals surface area (Å²) in [6.45, 7) is 0.179. The highest BCUT2D eigenvalue weighted by atomic mass is 16.5. The summed E-state index contributed by atoms with van der Waals surface area (Å²) in [6.07, 6.45) is 1.53. The summed E-state index contributed by atoms with van der Waals surface area (Å²) in [7, 11) is 1.74. The van der Waals surface area contributed by atoms with Crippen molar-refractivity contribution < 1.29 is 9.53 Å². The number of carbonyl (C=O) groups is 1. The number of hydrogen-bond donors (Lipinski definition) is 2. The molecule has 1 aromatic heterocycles. The summed E-state index contributed by atoms with van der Waals surface area (Å²) in [6, 6.07) is -0.618. The number of fused-ring (bicyclic) bond motifs is 1. The lowest BCUT2D eigenvalue weighted by atomic mass is 10.3. The van der Waals surface area contributed by atoms with Gasteiger partial charge in [-0.1, -0.05) is 0 Å². The van der Waals surface area contributed by atoms with Gasteiger partial charge in [0.15, 0.2) is 0 Å². The first-order chi connectivity index (χ1) is 6.18. The number of hydrogen-bond acceptors (Lipinski definition) is 4. The van der Waals surface area contributed by atoms with Crippen molar-refractivity contribution >= 4 is 11.6 Å². The number of nitrogens with two attached hydrogens (primary N) is 1. The fourth-order valence-electron chi connectivity index (χ4n) is 1.15. The van der Waals surface area contributed by atoms with E-state index in [4.69, 9.17) is 10.5 Å². The third kappa shape index (κ3) is 1.25. The van der Waals surface area contributed by atoms with Gasteiger partial charge in [-0.2, -0.15) is 5.10 Å². The third-order valence-corrected chi connectivity index (χ3v) is 1.88. The molecule has 1 unspecified atom stereocenters. The summed E-state index contributed by atoms with van der Waals surface area (Å²) in [4.78, 5) is 11.2. The molecule has 2 rings (SSSR count). The zero-order chi connectivity index (χ0) is 9.42. The van der Waals surface area contributed by atoms with Crippen LogP contribution in [0.15, 0.2) is 6.20 Å². The molecular formula is C7H10N4O2. The van der Waals surface area contributed by atoms with Gasteiger partial charge in [0, 0.05) is 7.05 Å². The van der Waals surface area contributed by atoms with E-state index >= 15 is 0 Å². The molecule has 0 aromatic carbocycles. The predicted molar refractivity (Wildman–Crippen MR) is 45.3 cm³/mol. The number of ether oxygens (including phenoxy) is 1. The fraction of sp³-hybridized carbons (Fsp3) is 0.429. The van der Waals surface area contributed by atoms with E-state index in [1.54, 1.807) is 11.7 Å². The van der Waals surface area contributed by atoms with Crippen molar-refractivity contribution in [2.75, 3.05) is 11.9 Å². The van der Waals surface area contributed by atoms with Crippen LogP contribution in [0, 0.1) is 0 Å². The first kappa shape index (κ1) is 8.06. The van der Waals surface area contributed by atoms with E-state index in [1.165, 1.54) is 6.20 Å². The number of rotatable bonds is 0. The smallest absolute Gasteiger partial charge is 0.245 e. The molecule has 6 nitrogen and oxygen atoms in total. The van der Waals surface area contributed by atoms with Crippen LogP contribution in [0.5, 0.6) is 5.88 Å². The first-order valence-electron chi connectivity index (χ1n) is 3.89. The second-order valence-corrected chi connectivity index (χ2v) is 2.89. The minimum Gasteiger partial charge on any atom is -0.474 e. The second kappa shape index (κ2) is 2.74. The molecule has 0 aliphatic carbocycles. The lowest BCUT2D eigenvalue weighted by Gasteiger charge is -2.05. The molecule has 1 amide bonds. The van der Waals surface area contributed by atoms with Crippen molar-refractivity contribution in [3.05, 3.63) is 6.20 Å². The number of carbonyl (C=O) groups excluding carboxylic acids is 1. The van der Waals surface area contributed by atoms with Crippen molar-refractivity contribution in [2.24, 2.45) is 12.8 Å². The molecular weight excluding hydrogens is 172 g/mol. The average molecular weight is 182 g/mol. The van der Waals surface area contributed by atoms with E-state index < -0.39 is 6.04 Å². The first-order valence-corrected chi connectivity index (χ1v) is 3.89. The molecule has 13 heavy (non-hydrogen) atoms. The van der Waals surface area contributed by atoms with Gasteiger partial charge in [0.1, 0.15) is 18.3 Å². The fourth-order valence-corrected chi connectivity index (χ4v) is 1.15. The van der Waals surface area contributed by atoms with E-state index in [-0.39, 0.29) is 12.5 Å². The summed E-state index contributed by atoms with van der Waals surface area (Å²) in [5.74, 6) is 0.299. The largest absolute Gasteiger partial charge is 0.474 e. The van der Waals surface area contributed by atoms with E-state index in [9.17, 15) is 4.79 Å². The minimum atomic E-state index is -0.618. The molecule has 2 heterocycles. The number of aryl methyl sites for hydroxylation is 1. The molecule has 0 saturated heterocycles. The molecule has 0 spiro atoms. The molecule has 1 aliphatic heterocycles. The van der Waals surface area contributed by atoms with Crippen molar-refractivity contribution in [3.63, 3.8) is 0 Å². The monoisotopic (exact) mass is 182 g/mol. The summed E-state index contributed by atoms with van der Waals surface area (Å²) in [5, 5.41) is 6.56. The van der Waals surface area contributed by atoms with Gasteiger partial charge in [0.25, 0.3) is 0 Å². The van der Waals surface area contributed by atoms with E-state index in [0.717, 1.165) is 0 Å². The Labute approximate surface area is 74.7 Å². The number of nitrogens with one attached hydrogen (secondary N) is 1. The molecule has 6 heteroatoms. The maximum absolute atomic E-state index is 11.2. The molecule has 1 aliphatic rings. The van der Waals surface area contributed by atoms with Gasteiger partial charge in [-0.15, -0.1) is 0 Å². The van der Waals surface area contributed by atoms with Gasteiger partial charge < -0.3 is 15.8 Å². The zero-order valence-corrected chi connectivity index (χ0v) is 7.15. The highest BCUT2D eigenvalue weighted by Gasteiger charge is 2.23. The van der Waals surface area contributed by atoms with Gasteiger partial charge in [-0.25, -0.2) is 4.68 Å². The summed E-state index contributed by atoms with van der Waals surface area (Å²) in [5.41, 5.74) is 6.07. The van der Waals surface area contributed by atoms with E-state index in [1.807, 2.05) is 0 Å². The quantitative estimate of drug-likeness (QED) is 0.543. The lowest BCUT2D eigenvalue weighted by molar-refractivity contribution is -0.117. The zero-order valence-electron chi connectivity index (χ0n) is 7.15. The Kier molecular flexibility index (Phi) is 1.70. The van der Waals surface area contributed by atoms with Crippen LogP contribution in [0.4, 0.5) is 5.69 Å². The van der Waals surface area contributed by atoms with Crippen LogP contribution in [-0.2, 0) is 11.8 Å². The lowest BCUT2D eigenvalue weighted by Crippen LogP contribution is -2.38. The number of aromatic nitrogens is 2. The minimum absolute atomic E-state index is 0.179. The molecule has 1 aromatic rings. The maximum atomic E-state index is 11.2. The molecule has 1 atom stereocenters. The summed E-state index contributed by atoms with van der Waals surface area (Å²) < 4.78 is 6.84. The van der Waals surface area contributed by atoms with Crippen LogP contribution in [-0.4, -0.2) is 28.3 Å². The molecule has 70 valence electrons. The maximum Gasteiger partial charge on any atom is 0.245 e. The second-order valence-electron chi connectivity index (χ2n) is 2.89. The standard InChI is InChI=1S/C7H10N4O2/c1-11-7-5(2-9-11)10-6(12)4(8)3-13-7/h2,4H,3,8H2,1H3,(H,10,12). The van der Waals surface area contributed by atoms with E-state index in [0.29, 0.717) is 11.6 Å². The van der Waals surface area contributed by atoms with Crippen LogP contribution >= 0.6 is 0 Å². The molecule has 0 fully saturated rings. The van der Waals surface area contributed by atoms with Crippen molar-refractivity contribution in [2.45, 2.75) is 6.04 Å². The van der Waals surface area contributed by atoms with Crippen LogP contribution in [0.1, 0.15) is 0 Å². The number of nitrogens with zero attached hydrogens (tertiary/aromatic N) is 2. The van der Waals surface area contributed by atoms with Crippen LogP contribution in [0.3, 0.4) is 0 Å². The Hall–Kier alpha value is -1.56. The number of anilines is 1. The Morgan fingerprint density at radius 3 is 3.38 bits per heavy atom. The van der Waals surface area contributed by atoms with Crippen LogP contribution < -0.4 is 15.8 Å². The summed E-state index contributed by atoms with van der Waals surface area (Å²) >= 11 is 0. The third-order valence-electron chi connectivity index (χ3n) is 1.88. The highest BCUT2D eigenvalue weighted by molar-refractivity contribution is 5.96. The van der Waals surface area contributed by atoms with E-state index in [2.05, 4.69) is 10.4 Å². The Morgan fingerprint density at radius 2 is 2.62 bits per heavy atom. The van der Waals surface area contributed by atoms with Gasteiger partial charge in [-0.05, 0) is 0 Å². The molecule has 3 N–H and O–H groups in total. The Morgan fingerprint density at radius 1 is 1.85 bits per heavy atom. The van der Waals surface area contributed by atoms with Gasteiger partial charge in [0.2, 0.25) is 11.8 Å². The van der Waals surface area contributed by atoms with Crippen molar-refractivity contribution in [3.8, 4) is 5.88 Å². The topological polar surface area (TPSA) is 82.2 Å². The normalized spacial score (nSPS) is 21.4. The van der Waals surface area contributed by atoms with Gasteiger partial charge in [0.05, 0.1) is 6.20 Å². The Bertz CT molecular complexity index is 346. The van der Waals surface area contributed by atoms with Crippen LogP contribution in [0.25, 0.3) is 0 Å². The van der Waals surface area contributed by atoms with Crippen LogP contribution in [0.2, 0.25) is 0 Å². The SMILES string of the molecule is Cn1ncc2c1OCC(N)C(=O)N2. The Balaban J connectivity index is 2.36. The predicted octanol–water partition coefficient (Wildman–Crippen LogP) is -0.922.